The second kappa shape index (κ2) is 5.48. The summed E-state index contributed by atoms with van der Waals surface area (Å²) in [6.07, 6.45) is -0.0657. The van der Waals surface area contributed by atoms with Crippen LogP contribution in [0.4, 0.5) is 0 Å². The predicted molar refractivity (Wildman–Crippen MR) is 69.4 cm³/mol. The van der Waals surface area contributed by atoms with Crippen molar-refractivity contribution in [1.29, 1.82) is 0 Å². The van der Waals surface area contributed by atoms with Gasteiger partial charge in [-0.25, -0.2) is 4.99 Å². The van der Waals surface area contributed by atoms with E-state index in [1.54, 1.807) is 7.11 Å². The van der Waals surface area contributed by atoms with Gasteiger partial charge in [0, 0.05) is 6.92 Å². The molecule has 0 aromatic heterocycles. The van der Waals surface area contributed by atoms with Crippen LogP contribution in [-0.2, 0) is 19.0 Å². The van der Waals surface area contributed by atoms with E-state index in [9.17, 15) is 4.79 Å². The summed E-state index contributed by atoms with van der Waals surface area (Å²) < 4.78 is 16.2. The van der Waals surface area contributed by atoms with Gasteiger partial charge in [-0.1, -0.05) is 13.8 Å². The predicted octanol–water partition coefficient (Wildman–Crippen LogP) is 1.66. The van der Waals surface area contributed by atoms with Gasteiger partial charge in [-0.2, -0.15) is 0 Å². The number of aliphatic imine (C=N–C) groups is 1. The number of carbonyl (C=O) groups is 1. The third-order valence-electron chi connectivity index (χ3n) is 3.64. The number of fused-ring (bicyclic) bond motifs is 1. The maximum atomic E-state index is 10.9. The Kier molecular flexibility index (Phi) is 4.17. The third kappa shape index (κ3) is 2.64. The van der Waals surface area contributed by atoms with Crippen LogP contribution < -0.4 is 0 Å². The molecule has 102 valence electrons. The zero-order valence-electron chi connectivity index (χ0n) is 11.1. The minimum atomic E-state index is -0.270. The first kappa shape index (κ1) is 13.7. The summed E-state index contributed by atoms with van der Waals surface area (Å²) in [7, 11) is 1.62. The molecule has 0 unspecified atom stereocenters. The first-order valence-electron chi connectivity index (χ1n) is 6.10. The van der Waals surface area contributed by atoms with E-state index in [-0.39, 0.29) is 23.6 Å². The molecule has 1 fully saturated rings. The average Bonchev–Trinajstić information content (AvgIpc) is 2.75. The molecule has 0 bridgehead atoms. The molecule has 0 saturated carbocycles. The molecule has 0 amide bonds. The summed E-state index contributed by atoms with van der Waals surface area (Å²) in [5, 5.41) is 0.678. The molecular formula is C12H19NO4S. The summed E-state index contributed by atoms with van der Waals surface area (Å²) in [5.41, 5.74) is -0.0216. The van der Waals surface area contributed by atoms with Gasteiger partial charge in [-0.05, 0) is 23.6 Å². The highest BCUT2D eigenvalue weighted by molar-refractivity contribution is 8.14. The lowest BCUT2D eigenvalue weighted by molar-refractivity contribution is -0.152. The number of rotatable bonds is 2. The van der Waals surface area contributed by atoms with Gasteiger partial charge >= 0.3 is 5.97 Å². The lowest BCUT2D eigenvalue weighted by Crippen LogP contribution is -2.47. The number of ether oxygens (including phenoxy) is 3. The topological polar surface area (TPSA) is 57.1 Å². The number of esters is 1. The van der Waals surface area contributed by atoms with Gasteiger partial charge in [0.1, 0.15) is 12.0 Å². The molecule has 0 spiro atoms. The van der Waals surface area contributed by atoms with Crippen LogP contribution in [0.5, 0.6) is 0 Å². The van der Waals surface area contributed by atoms with Crippen molar-refractivity contribution in [2.24, 2.45) is 16.8 Å². The zero-order valence-corrected chi connectivity index (χ0v) is 11.9. The van der Waals surface area contributed by atoms with Crippen LogP contribution in [-0.4, -0.2) is 42.5 Å². The maximum Gasteiger partial charge on any atom is 0.302 e. The Hall–Kier alpha value is -0.750. The summed E-state index contributed by atoms with van der Waals surface area (Å²) in [6, 6.07) is 0.133. The second-order valence-corrected chi connectivity index (χ2v) is 5.82. The van der Waals surface area contributed by atoms with Crippen molar-refractivity contribution in [2.75, 3.05) is 13.7 Å². The Labute approximate surface area is 111 Å². The maximum absolute atomic E-state index is 10.9. The Bertz CT molecular complexity index is 360. The Morgan fingerprint density at radius 1 is 1.44 bits per heavy atom. The van der Waals surface area contributed by atoms with Gasteiger partial charge < -0.3 is 14.2 Å². The lowest BCUT2D eigenvalue weighted by Gasteiger charge is -2.39. The fourth-order valence-corrected chi connectivity index (χ4v) is 3.42. The minimum absolute atomic E-state index is 0.0216. The van der Waals surface area contributed by atoms with E-state index in [0.717, 1.165) is 0 Å². The van der Waals surface area contributed by atoms with Crippen molar-refractivity contribution in [1.82, 2.24) is 0 Å². The molecule has 0 radical (unpaired) electrons. The quantitative estimate of drug-likeness (QED) is 0.716. The fraction of sp³-hybridized carbons (Fsp3) is 0.833. The van der Waals surface area contributed by atoms with Crippen molar-refractivity contribution in [3.05, 3.63) is 0 Å². The van der Waals surface area contributed by atoms with Gasteiger partial charge in [-0.3, -0.25) is 4.79 Å². The SMILES string of the molecule is COC1=N[C@@H]2[C@@H](C)[C@H](C)[C@@H](COC(C)=O)O[C@@H]2S1. The molecule has 0 aromatic carbocycles. The van der Waals surface area contributed by atoms with E-state index in [0.29, 0.717) is 23.7 Å². The summed E-state index contributed by atoms with van der Waals surface area (Å²) in [4.78, 5) is 15.4. The van der Waals surface area contributed by atoms with Crippen molar-refractivity contribution >= 4 is 23.0 Å². The van der Waals surface area contributed by atoms with Gasteiger partial charge in [0.05, 0.1) is 19.3 Å². The molecule has 6 heteroatoms. The van der Waals surface area contributed by atoms with E-state index in [1.807, 2.05) is 0 Å². The molecule has 2 rings (SSSR count). The molecule has 2 aliphatic heterocycles. The molecule has 0 N–H and O–H groups in total. The summed E-state index contributed by atoms with van der Waals surface area (Å²) >= 11 is 1.50. The van der Waals surface area contributed by atoms with Crippen LogP contribution in [0.15, 0.2) is 4.99 Å². The average molecular weight is 273 g/mol. The van der Waals surface area contributed by atoms with Crippen LogP contribution in [0.25, 0.3) is 0 Å². The van der Waals surface area contributed by atoms with Crippen molar-refractivity contribution in [2.45, 2.75) is 38.4 Å². The van der Waals surface area contributed by atoms with Crippen LogP contribution in [0.2, 0.25) is 0 Å². The zero-order chi connectivity index (χ0) is 13.3. The highest BCUT2D eigenvalue weighted by Crippen LogP contribution is 2.41. The molecule has 5 atom stereocenters. The molecule has 18 heavy (non-hydrogen) atoms. The van der Waals surface area contributed by atoms with Gasteiger partial charge in [0.2, 0.25) is 5.23 Å². The Balaban J connectivity index is 2.01. The van der Waals surface area contributed by atoms with E-state index < -0.39 is 0 Å². The van der Waals surface area contributed by atoms with Crippen LogP contribution in [0.3, 0.4) is 0 Å². The van der Waals surface area contributed by atoms with E-state index in [4.69, 9.17) is 14.2 Å². The number of thioether (sulfide) groups is 1. The fourth-order valence-electron chi connectivity index (χ4n) is 2.29. The summed E-state index contributed by atoms with van der Waals surface area (Å²) in [6.45, 7) is 6.00. The number of nitrogens with zero attached hydrogens (tertiary/aromatic N) is 1. The van der Waals surface area contributed by atoms with Crippen molar-refractivity contribution in [3.8, 4) is 0 Å². The normalized spacial score (nSPS) is 38.9. The van der Waals surface area contributed by atoms with Crippen LogP contribution in [0.1, 0.15) is 20.8 Å². The van der Waals surface area contributed by atoms with Gasteiger partial charge in [0.25, 0.3) is 0 Å². The highest BCUT2D eigenvalue weighted by Gasteiger charge is 2.46. The largest absolute Gasteiger partial charge is 0.476 e. The Morgan fingerprint density at radius 2 is 2.17 bits per heavy atom. The smallest absolute Gasteiger partial charge is 0.302 e. The molecule has 2 heterocycles. The Morgan fingerprint density at radius 3 is 2.78 bits per heavy atom. The van der Waals surface area contributed by atoms with Gasteiger partial charge in [0.15, 0.2) is 0 Å². The molecular weight excluding hydrogens is 254 g/mol. The van der Waals surface area contributed by atoms with Crippen molar-refractivity contribution in [3.63, 3.8) is 0 Å². The third-order valence-corrected chi connectivity index (χ3v) is 4.74. The lowest BCUT2D eigenvalue weighted by atomic mass is 9.83. The van der Waals surface area contributed by atoms with Crippen LogP contribution >= 0.6 is 11.8 Å². The first-order chi connectivity index (χ1) is 8.52. The molecule has 5 nitrogen and oxygen atoms in total. The highest BCUT2D eigenvalue weighted by atomic mass is 32.2. The van der Waals surface area contributed by atoms with E-state index in [1.165, 1.54) is 18.7 Å². The molecule has 1 saturated heterocycles. The monoisotopic (exact) mass is 273 g/mol. The first-order valence-corrected chi connectivity index (χ1v) is 6.98. The standard InChI is InChI=1S/C12H19NO4S/c1-6-7(2)10-11(18-12(13-10)15-4)17-9(6)5-16-8(3)14/h6-7,9-11H,5H2,1-4H3/t6-,7-,9+,10+,11+/m0/s1. The number of hydrogen-bond donors (Lipinski definition) is 0. The molecule has 2 aliphatic rings. The van der Waals surface area contributed by atoms with E-state index in [2.05, 4.69) is 18.8 Å². The number of hydrogen-bond acceptors (Lipinski definition) is 6. The molecule has 0 aromatic rings. The summed E-state index contributed by atoms with van der Waals surface area (Å²) in [5.74, 6) is 0.407. The number of methoxy groups -OCH3 is 1. The van der Waals surface area contributed by atoms with E-state index >= 15 is 0 Å². The second-order valence-electron chi connectivity index (χ2n) is 4.77. The van der Waals surface area contributed by atoms with Crippen molar-refractivity contribution < 1.29 is 19.0 Å². The van der Waals surface area contributed by atoms with Gasteiger partial charge in [-0.15, -0.1) is 0 Å². The minimum Gasteiger partial charge on any atom is -0.476 e. The number of carbonyl (C=O) groups excluding carboxylic acids is 1. The van der Waals surface area contributed by atoms with Crippen LogP contribution in [0, 0.1) is 11.8 Å². The molecule has 0 aliphatic carbocycles.